The number of hydrogen-bond donors (Lipinski definition) is 1. The van der Waals surface area contributed by atoms with E-state index in [1.807, 2.05) is 25.1 Å². The first-order chi connectivity index (χ1) is 8.65. The van der Waals surface area contributed by atoms with Crippen LogP contribution in [0.3, 0.4) is 0 Å². The van der Waals surface area contributed by atoms with Gasteiger partial charge in [-0.15, -0.1) is 0 Å². The van der Waals surface area contributed by atoms with Crippen molar-refractivity contribution in [1.29, 1.82) is 0 Å². The van der Waals surface area contributed by atoms with Crippen molar-refractivity contribution in [2.45, 2.75) is 13.3 Å². The number of carbonyl (C=O) groups excluding carboxylic acids is 1. The van der Waals surface area contributed by atoms with Crippen molar-refractivity contribution in [3.05, 3.63) is 17.5 Å². The van der Waals surface area contributed by atoms with Crippen LogP contribution in [0.4, 0.5) is 0 Å². The quantitative estimate of drug-likeness (QED) is 0.783. The molecule has 1 N–H and O–H groups in total. The molecule has 1 amide bonds. The monoisotopic (exact) mass is 248 g/mol. The van der Waals surface area contributed by atoms with Gasteiger partial charge in [0.25, 0.3) is 5.91 Å². The number of piperidine rings is 1. The van der Waals surface area contributed by atoms with E-state index in [9.17, 15) is 4.79 Å². The average molecular weight is 248 g/mol. The number of nitrogens with zero attached hydrogens (tertiary/aromatic N) is 3. The Labute approximate surface area is 107 Å². The van der Waals surface area contributed by atoms with Gasteiger partial charge in [0.1, 0.15) is 0 Å². The van der Waals surface area contributed by atoms with E-state index in [0.29, 0.717) is 5.92 Å². The molecule has 2 fully saturated rings. The molecule has 2 atom stereocenters. The fourth-order valence-corrected chi connectivity index (χ4v) is 3.20. The molecule has 5 nitrogen and oxygen atoms in total. The maximum Gasteiger partial charge on any atom is 0.257 e. The van der Waals surface area contributed by atoms with Crippen LogP contribution in [0.2, 0.25) is 0 Å². The number of aryl methyl sites for hydroxylation is 2. The summed E-state index contributed by atoms with van der Waals surface area (Å²) in [6, 6.07) is 0. The molecule has 3 heterocycles. The molecule has 3 rings (SSSR count). The molecule has 0 aliphatic carbocycles. The van der Waals surface area contributed by atoms with Crippen molar-refractivity contribution in [3.63, 3.8) is 0 Å². The van der Waals surface area contributed by atoms with E-state index in [0.717, 1.165) is 49.8 Å². The van der Waals surface area contributed by atoms with Crippen molar-refractivity contribution in [3.8, 4) is 0 Å². The molecular formula is C13H20N4O. The average Bonchev–Trinajstić information content (AvgIpc) is 2.93. The number of carbonyl (C=O) groups is 1. The fraction of sp³-hybridized carbons (Fsp3) is 0.692. The van der Waals surface area contributed by atoms with Gasteiger partial charge in [-0.05, 0) is 38.3 Å². The highest BCUT2D eigenvalue weighted by Crippen LogP contribution is 2.27. The van der Waals surface area contributed by atoms with Crippen molar-refractivity contribution < 1.29 is 4.79 Å². The number of likely N-dealkylation sites (tertiary alicyclic amines) is 1. The highest BCUT2D eigenvalue weighted by atomic mass is 16.2. The number of hydrogen-bond acceptors (Lipinski definition) is 3. The molecule has 0 bridgehead atoms. The van der Waals surface area contributed by atoms with Crippen LogP contribution >= 0.6 is 0 Å². The molecule has 1 aromatic heterocycles. The lowest BCUT2D eigenvalue weighted by atomic mass is 9.88. The number of rotatable bonds is 1. The Morgan fingerprint density at radius 1 is 1.44 bits per heavy atom. The lowest BCUT2D eigenvalue weighted by molar-refractivity contribution is 0.0641. The number of aromatic nitrogens is 2. The minimum Gasteiger partial charge on any atom is -0.338 e. The molecule has 2 saturated heterocycles. The Kier molecular flexibility index (Phi) is 2.86. The van der Waals surface area contributed by atoms with Gasteiger partial charge in [0, 0.05) is 26.3 Å². The standard InChI is InChI=1S/C13H20N4O/c1-9-12(8-16(2)15-9)13(18)17-4-3-10-5-14-6-11(10)7-17/h8,10-11,14H,3-7H2,1-2H3. The van der Waals surface area contributed by atoms with Gasteiger partial charge in [-0.2, -0.15) is 5.10 Å². The molecule has 2 aliphatic rings. The molecule has 0 aromatic carbocycles. The lowest BCUT2D eigenvalue weighted by Gasteiger charge is -2.34. The van der Waals surface area contributed by atoms with Crippen LogP contribution in [-0.4, -0.2) is 46.8 Å². The number of nitrogens with one attached hydrogen (secondary N) is 1. The summed E-state index contributed by atoms with van der Waals surface area (Å²) >= 11 is 0. The predicted molar refractivity (Wildman–Crippen MR) is 68.3 cm³/mol. The van der Waals surface area contributed by atoms with Crippen molar-refractivity contribution in [2.75, 3.05) is 26.2 Å². The van der Waals surface area contributed by atoms with Crippen LogP contribution in [0.1, 0.15) is 22.5 Å². The molecule has 0 spiro atoms. The maximum atomic E-state index is 12.5. The van der Waals surface area contributed by atoms with Gasteiger partial charge in [-0.25, -0.2) is 0 Å². The minimum absolute atomic E-state index is 0.144. The first-order valence-corrected chi connectivity index (χ1v) is 6.65. The van der Waals surface area contributed by atoms with Crippen molar-refractivity contribution >= 4 is 5.91 Å². The van der Waals surface area contributed by atoms with E-state index in [1.54, 1.807) is 4.68 Å². The minimum atomic E-state index is 0.144. The summed E-state index contributed by atoms with van der Waals surface area (Å²) in [6.07, 6.45) is 2.96. The zero-order valence-corrected chi connectivity index (χ0v) is 11.0. The highest BCUT2D eigenvalue weighted by molar-refractivity contribution is 5.95. The third-order valence-electron chi connectivity index (χ3n) is 4.24. The summed E-state index contributed by atoms with van der Waals surface area (Å²) in [6.45, 7) is 5.86. The number of fused-ring (bicyclic) bond motifs is 1. The van der Waals surface area contributed by atoms with E-state index >= 15 is 0 Å². The van der Waals surface area contributed by atoms with Gasteiger partial charge >= 0.3 is 0 Å². The lowest BCUT2D eigenvalue weighted by Crippen LogP contribution is -2.43. The fourth-order valence-electron chi connectivity index (χ4n) is 3.20. The topological polar surface area (TPSA) is 50.2 Å². The molecular weight excluding hydrogens is 228 g/mol. The Morgan fingerprint density at radius 2 is 2.22 bits per heavy atom. The second kappa shape index (κ2) is 4.39. The SMILES string of the molecule is Cc1nn(C)cc1C(=O)N1CCC2CNCC2C1. The van der Waals surface area contributed by atoms with E-state index in [2.05, 4.69) is 10.4 Å². The first-order valence-electron chi connectivity index (χ1n) is 6.65. The molecule has 1 aromatic rings. The van der Waals surface area contributed by atoms with Crippen LogP contribution in [0.15, 0.2) is 6.20 Å². The predicted octanol–water partition coefficient (Wildman–Crippen LogP) is 0.410. The highest BCUT2D eigenvalue weighted by Gasteiger charge is 2.35. The first kappa shape index (κ1) is 11.7. The molecule has 5 heteroatoms. The second-order valence-electron chi connectivity index (χ2n) is 5.52. The molecule has 98 valence electrons. The summed E-state index contributed by atoms with van der Waals surface area (Å²) in [5.74, 6) is 1.55. The zero-order chi connectivity index (χ0) is 12.7. The summed E-state index contributed by atoms with van der Waals surface area (Å²) in [7, 11) is 1.86. The van der Waals surface area contributed by atoms with Crippen LogP contribution in [0, 0.1) is 18.8 Å². The van der Waals surface area contributed by atoms with E-state index < -0.39 is 0 Å². The Morgan fingerprint density at radius 3 is 2.94 bits per heavy atom. The number of amides is 1. The summed E-state index contributed by atoms with van der Waals surface area (Å²) in [5.41, 5.74) is 1.58. The Bertz CT molecular complexity index is 468. The third kappa shape index (κ3) is 1.92. The van der Waals surface area contributed by atoms with Crippen molar-refractivity contribution in [2.24, 2.45) is 18.9 Å². The Balaban J connectivity index is 1.75. The Hall–Kier alpha value is -1.36. The summed E-state index contributed by atoms with van der Waals surface area (Å²) < 4.78 is 1.71. The van der Waals surface area contributed by atoms with Crippen LogP contribution in [0.25, 0.3) is 0 Å². The van der Waals surface area contributed by atoms with Gasteiger partial charge in [0.15, 0.2) is 0 Å². The molecule has 2 unspecified atom stereocenters. The van der Waals surface area contributed by atoms with Crippen LogP contribution in [0.5, 0.6) is 0 Å². The zero-order valence-electron chi connectivity index (χ0n) is 11.0. The molecule has 0 radical (unpaired) electrons. The summed E-state index contributed by atoms with van der Waals surface area (Å²) in [5, 5.41) is 7.67. The largest absolute Gasteiger partial charge is 0.338 e. The maximum absolute atomic E-state index is 12.5. The van der Waals surface area contributed by atoms with E-state index in [1.165, 1.54) is 0 Å². The van der Waals surface area contributed by atoms with Gasteiger partial charge in [0.2, 0.25) is 0 Å². The van der Waals surface area contributed by atoms with Gasteiger partial charge in [0.05, 0.1) is 11.3 Å². The molecule has 0 saturated carbocycles. The van der Waals surface area contributed by atoms with Crippen LogP contribution < -0.4 is 5.32 Å². The van der Waals surface area contributed by atoms with Gasteiger partial charge in [-0.3, -0.25) is 9.48 Å². The van der Waals surface area contributed by atoms with E-state index in [4.69, 9.17) is 0 Å². The smallest absolute Gasteiger partial charge is 0.257 e. The van der Waals surface area contributed by atoms with Crippen LogP contribution in [-0.2, 0) is 7.05 Å². The summed E-state index contributed by atoms with van der Waals surface area (Å²) in [4.78, 5) is 14.5. The molecule has 2 aliphatic heterocycles. The normalized spacial score (nSPS) is 27.3. The van der Waals surface area contributed by atoms with Gasteiger partial charge in [-0.1, -0.05) is 0 Å². The van der Waals surface area contributed by atoms with Gasteiger partial charge < -0.3 is 10.2 Å². The molecule has 18 heavy (non-hydrogen) atoms. The third-order valence-corrected chi connectivity index (χ3v) is 4.24. The van der Waals surface area contributed by atoms with Crippen molar-refractivity contribution in [1.82, 2.24) is 20.0 Å². The van der Waals surface area contributed by atoms with E-state index in [-0.39, 0.29) is 5.91 Å². The second-order valence-corrected chi connectivity index (χ2v) is 5.52.